The molecule has 0 aliphatic heterocycles. The molecule has 0 fully saturated rings. The number of nitrogens with zero attached hydrogens (tertiary/aromatic N) is 2. The average Bonchev–Trinajstić information content (AvgIpc) is 2.63. The first kappa shape index (κ1) is 12.7. The maximum atomic E-state index is 11.8. The first-order valence-corrected chi connectivity index (χ1v) is 7.24. The Morgan fingerprint density at radius 1 is 1.29 bits per heavy atom. The molecule has 1 aromatic carbocycles. The molecule has 90 valence electrons. The van der Waals surface area contributed by atoms with E-state index in [0.717, 1.165) is 8.42 Å². The molecule has 17 heavy (non-hydrogen) atoms. The van der Waals surface area contributed by atoms with E-state index in [1.807, 2.05) is 22.6 Å². The fraction of sp³-hybridized carbons (Fsp3) is 0. The summed E-state index contributed by atoms with van der Waals surface area (Å²) in [5.74, 6) is 0. The molecule has 5 nitrogen and oxygen atoms in total. The minimum absolute atomic E-state index is 0.0207. The Hall–Kier alpha value is -0.800. The molecule has 2 rings (SSSR count). The highest BCUT2D eigenvalue weighted by atomic mass is 127. The molecule has 0 aliphatic carbocycles. The lowest BCUT2D eigenvalue weighted by Crippen LogP contribution is -2.20. The highest BCUT2D eigenvalue weighted by molar-refractivity contribution is 14.1. The number of hydrogen-bond donors (Lipinski definition) is 0. The van der Waals surface area contributed by atoms with Crippen LogP contribution in [0, 0.1) is 3.57 Å². The van der Waals surface area contributed by atoms with Gasteiger partial charge in [-0.15, -0.1) is 5.10 Å². The van der Waals surface area contributed by atoms with Crippen LogP contribution < -0.4 is 4.28 Å². The largest absolute Gasteiger partial charge is 0.358 e. The fourth-order valence-electron chi connectivity index (χ4n) is 1.07. The Balaban J connectivity index is 2.28. The monoisotopic (exact) mass is 384 g/mol. The van der Waals surface area contributed by atoms with Gasteiger partial charge in [0.15, 0.2) is 0 Å². The predicted octanol–water partition coefficient (Wildman–Crippen LogP) is 1.96. The van der Waals surface area contributed by atoms with E-state index in [4.69, 9.17) is 15.9 Å². The molecule has 0 atom stereocenters. The zero-order valence-corrected chi connectivity index (χ0v) is 12.0. The topological polar surface area (TPSA) is 61.2 Å². The van der Waals surface area contributed by atoms with Crippen molar-refractivity contribution < 1.29 is 12.7 Å². The Morgan fingerprint density at radius 2 is 1.94 bits per heavy atom. The van der Waals surface area contributed by atoms with Gasteiger partial charge in [0.05, 0.1) is 16.0 Å². The molecule has 1 aromatic heterocycles. The summed E-state index contributed by atoms with van der Waals surface area (Å²) >= 11 is 7.67. The van der Waals surface area contributed by atoms with E-state index >= 15 is 0 Å². The summed E-state index contributed by atoms with van der Waals surface area (Å²) in [5, 5.41) is 4.18. The highest BCUT2D eigenvalue weighted by Crippen LogP contribution is 2.14. The van der Waals surface area contributed by atoms with Crippen molar-refractivity contribution in [2.45, 2.75) is 4.90 Å². The molecule has 1 heterocycles. The van der Waals surface area contributed by atoms with E-state index in [-0.39, 0.29) is 4.90 Å². The van der Waals surface area contributed by atoms with E-state index in [0.29, 0.717) is 5.02 Å². The Bertz CT molecular complexity index is 624. The molecule has 0 aliphatic rings. The molecule has 0 saturated heterocycles. The van der Waals surface area contributed by atoms with Gasteiger partial charge in [-0.1, -0.05) is 16.4 Å². The zero-order chi connectivity index (χ0) is 12.5. The van der Waals surface area contributed by atoms with E-state index in [2.05, 4.69) is 5.10 Å². The molecular formula is C9H6ClIN2O3S. The van der Waals surface area contributed by atoms with E-state index in [1.54, 1.807) is 0 Å². The minimum atomic E-state index is -3.88. The van der Waals surface area contributed by atoms with Crippen LogP contribution in [-0.4, -0.2) is 18.4 Å². The summed E-state index contributed by atoms with van der Waals surface area (Å²) in [7, 11) is -3.88. The van der Waals surface area contributed by atoms with Crippen molar-refractivity contribution in [3.8, 4) is 0 Å². The van der Waals surface area contributed by atoms with Crippen molar-refractivity contribution in [3.63, 3.8) is 0 Å². The molecule has 0 radical (unpaired) electrons. The van der Waals surface area contributed by atoms with Crippen LogP contribution in [-0.2, 0) is 10.1 Å². The summed E-state index contributed by atoms with van der Waals surface area (Å²) in [5.41, 5.74) is 0. The van der Waals surface area contributed by atoms with Crippen molar-refractivity contribution in [3.05, 3.63) is 45.3 Å². The van der Waals surface area contributed by atoms with Crippen LogP contribution in [0.15, 0.2) is 41.6 Å². The molecule has 0 spiro atoms. The van der Waals surface area contributed by atoms with Gasteiger partial charge in [0.2, 0.25) is 0 Å². The quantitative estimate of drug-likeness (QED) is 0.759. The first-order valence-electron chi connectivity index (χ1n) is 4.38. The van der Waals surface area contributed by atoms with Crippen LogP contribution in [0.25, 0.3) is 0 Å². The van der Waals surface area contributed by atoms with Crippen LogP contribution in [0.2, 0.25) is 5.02 Å². The summed E-state index contributed by atoms with van der Waals surface area (Å²) in [4.78, 5) is 0.915. The normalized spacial score (nSPS) is 11.4. The lowest BCUT2D eigenvalue weighted by atomic mass is 10.4. The molecule has 2 aromatic rings. The summed E-state index contributed by atoms with van der Waals surface area (Å²) < 4.78 is 29.1. The lowest BCUT2D eigenvalue weighted by molar-refractivity contribution is 0.240. The van der Waals surface area contributed by atoms with Crippen molar-refractivity contribution in [1.82, 2.24) is 9.94 Å². The molecular weight excluding hydrogens is 379 g/mol. The number of rotatable bonds is 3. The standard InChI is InChI=1S/C9H6ClIN2O3S/c10-7-1-3-9(4-2-7)17(14,15)16-13-6-8(11)5-12-13/h1-6H. The average molecular weight is 385 g/mol. The summed E-state index contributed by atoms with van der Waals surface area (Å²) in [6.07, 6.45) is 2.94. The maximum Gasteiger partial charge on any atom is 0.358 e. The second-order valence-corrected chi connectivity index (χ2v) is 6.25. The fourth-order valence-corrected chi connectivity index (χ4v) is 2.40. The zero-order valence-electron chi connectivity index (χ0n) is 8.25. The third kappa shape index (κ3) is 3.11. The molecule has 0 N–H and O–H groups in total. The Labute approximate surface area is 117 Å². The predicted molar refractivity (Wildman–Crippen MR) is 70.2 cm³/mol. The molecule has 0 amide bonds. The van der Waals surface area contributed by atoms with Gasteiger partial charge in [0, 0.05) is 5.02 Å². The molecule has 0 unspecified atom stereocenters. The number of benzene rings is 1. The first-order chi connectivity index (χ1) is 7.97. The van der Waals surface area contributed by atoms with Gasteiger partial charge in [-0.25, -0.2) is 0 Å². The second-order valence-electron chi connectivity index (χ2n) is 3.04. The summed E-state index contributed by atoms with van der Waals surface area (Å²) in [6, 6.07) is 5.69. The molecule has 0 saturated carbocycles. The van der Waals surface area contributed by atoms with Crippen molar-refractivity contribution in [2.24, 2.45) is 0 Å². The van der Waals surface area contributed by atoms with Gasteiger partial charge in [-0.2, -0.15) is 8.42 Å². The molecule has 8 heteroatoms. The van der Waals surface area contributed by atoms with Gasteiger partial charge in [-0.05, 0) is 46.9 Å². The Kier molecular flexibility index (Phi) is 3.59. The summed E-state index contributed by atoms with van der Waals surface area (Å²) in [6.45, 7) is 0. The van der Waals surface area contributed by atoms with Gasteiger partial charge in [-0.3, -0.25) is 4.28 Å². The number of aromatic nitrogens is 2. The third-order valence-corrected chi connectivity index (χ3v) is 3.81. The van der Waals surface area contributed by atoms with Gasteiger partial charge in [0.1, 0.15) is 4.90 Å². The number of halogens is 2. The smallest absolute Gasteiger partial charge is 0.266 e. The van der Waals surface area contributed by atoms with Crippen LogP contribution in [0.3, 0.4) is 0 Å². The van der Waals surface area contributed by atoms with E-state index < -0.39 is 10.1 Å². The van der Waals surface area contributed by atoms with Crippen LogP contribution >= 0.6 is 34.2 Å². The van der Waals surface area contributed by atoms with Crippen molar-refractivity contribution in [2.75, 3.05) is 0 Å². The highest BCUT2D eigenvalue weighted by Gasteiger charge is 2.17. The van der Waals surface area contributed by atoms with Gasteiger partial charge in [0.25, 0.3) is 0 Å². The van der Waals surface area contributed by atoms with Gasteiger partial charge >= 0.3 is 10.1 Å². The number of hydrogen-bond acceptors (Lipinski definition) is 4. The minimum Gasteiger partial charge on any atom is -0.266 e. The van der Waals surface area contributed by atoms with Crippen LogP contribution in [0.5, 0.6) is 0 Å². The third-order valence-electron chi connectivity index (χ3n) is 1.81. The SMILES string of the molecule is O=S(=O)(On1cc(I)cn1)c1ccc(Cl)cc1. The molecule has 0 bridgehead atoms. The Morgan fingerprint density at radius 3 is 2.47 bits per heavy atom. The van der Waals surface area contributed by atoms with E-state index in [9.17, 15) is 8.42 Å². The van der Waals surface area contributed by atoms with Crippen molar-refractivity contribution >= 4 is 44.3 Å². The van der Waals surface area contributed by atoms with E-state index in [1.165, 1.54) is 36.7 Å². The van der Waals surface area contributed by atoms with Crippen LogP contribution in [0.4, 0.5) is 0 Å². The lowest BCUT2D eigenvalue weighted by Gasteiger charge is -2.05. The van der Waals surface area contributed by atoms with Crippen molar-refractivity contribution in [1.29, 1.82) is 0 Å². The second kappa shape index (κ2) is 4.83. The maximum absolute atomic E-state index is 11.8. The van der Waals surface area contributed by atoms with Gasteiger partial charge < -0.3 is 0 Å². The van der Waals surface area contributed by atoms with Crippen LogP contribution in [0.1, 0.15) is 0 Å².